The van der Waals surface area contributed by atoms with Gasteiger partial charge in [0, 0.05) is 18.5 Å². The smallest absolute Gasteiger partial charge is 0.220 e. The summed E-state index contributed by atoms with van der Waals surface area (Å²) in [5.74, 6) is 1.05. The van der Waals surface area contributed by atoms with Crippen LogP contribution in [0.25, 0.3) is 0 Å². The Morgan fingerprint density at radius 3 is 2.58 bits per heavy atom. The highest BCUT2D eigenvalue weighted by atomic mass is 16.5. The Balaban J connectivity index is 2.67. The van der Waals surface area contributed by atoms with Crippen LogP contribution in [-0.2, 0) is 11.3 Å². The highest BCUT2D eigenvalue weighted by molar-refractivity contribution is 5.76. The van der Waals surface area contributed by atoms with Crippen molar-refractivity contribution in [3.05, 3.63) is 28.8 Å². The molecule has 3 N–H and O–H groups in total. The van der Waals surface area contributed by atoms with Gasteiger partial charge in [-0.25, -0.2) is 0 Å². The molecule has 4 nitrogen and oxygen atoms in total. The summed E-state index contributed by atoms with van der Waals surface area (Å²) in [7, 11) is 1.64. The monoisotopic (exact) mass is 264 g/mol. The lowest BCUT2D eigenvalue weighted by atomic mass is 10.0. The van der Waals surface area contributed by atoms with Gasteiger partial charge >= 0.3 is 0 Å². The second-order valence-electron chi connectivity index (χ2n) is 5.07. The molecule has 0 saturated carbocycles. The van der Waals surface area contributed by atoms with Gasteiger partial charge in [-0.05, 0) is 43.5 Å². The van der Waals surface area contributed by atoms with E-state index in [9.17, 15) is 4.79 Å². The van der Waals surface area contributed by atoms with Crippen molar-refractivity contribution < 1.29 is 9.53 Å². The minimum atomic E-state index is 0.0261. The van der Waals surface area contributed by atoms with E-state index in [1.165, 1.54) is 11.1 Å². The fourth-order valence-electron chi connectivity index (χ4n) is 1.84. The third-order valence-corrected chi connectivity index (χ3v) is 3.31. The summed E-state index contributed by atoms with van der Waals surface area (Å²) in [5, 5.41) is 2.91. The Hall–Kier alpha value is -1.55. The average Bonchev–Trinajstić information content (AvgIpc) is 2.39. The summed E-state index contributed by atoms with van der Waals surface area (Å²) in [6, 6.07) is 4.06. The number of nitrogens with one attached hydrogen (secondary N) is 1. The van der Waals surface area contributed by atoms with Gasteiger partial charge in [-0.15, -0.1) is 0 Å². The van der Waals surface area contributed by atoms with Crippen LogP contribution in [0, 0.1) is 19.8 Å². The van der Waals surface area contributed by atoms with Crippen molar-refractivity contribution in [2.75, 3.05) is 13.7 Å². The van der Waals surface area contributed by atoms with Crippen molar-refractivity contribution in [3.8, 4) is 5.75 Å². The highest BCUT2D eigenvalue weighted by Gasteiger charge is 2.10. The minimum absolute atomic E-state index is 0.0261. The fraction of sp³-hybridized carbons (Fsp3) is 0.533. The zero-order valence-corrected chi connectivity index (χ0v) is 12.2. The lowest BCUT2D eigenvalue weighted by Gasteiger charge is -2.13. The minimum Gasteiger partial charge on any atom is -0.496 e. The fourth-order valence-corrected chi connectivity index (χ4v) is 1.84. The van der Waals surface area contributed by atoms with Crippen molar-refractivity contribution in [3.63, 3.8) is 0 Å². The van der Waals surface area contributed by atoms with Gasteiger partial charge in [0.05, 0.1) is 7.11 Å². The van der Waals surface area contributed by atoms with E-state index in [0.717, 1.165) is 11.3 Å². The molecule has 1 amide bonds. The topological polar surface area (TPSA) is 64.3 Å². The number of hydrogen-bond donors (Lipinski definition) is 2. The maximum Gasteiger partial charge on any atom is 0.220 e. The largest absolute Gasteiger partial charge is 0.496 e. The van der Waals surface area contributed by atoms with Crippen LogP contribution < -0.4 is 15.8 Å². The van der Waals surface area contributed by atoms with Crippen LogP contribution in [0.2, 0.25) is 0 Å². The standard InChI is InChI=1S/C15H24N2O2/c1-10(8-16)5-15(18)17-9-13-6-11(2)12(3)7-14(13)19-4/h6-7,10H,5,8-9,16H2,1-4H3,(H,17,18). The van der Waals surface area contributed by atoms with E-state index >= 15 is 0 Å². The van der Waals surface area contributed by atoms with Gasteiger partial charge in [0.15, 0.2) is 0 Å². The van der Waals surface area contributed by atoms with Gasteiger partial charge in [0.1, 0.15) is 5.75 Å². The summed E-state index contributed by atoms with van der Waals surface area (Å²) < 4.78 is 5.34. The van der Waals surface area contributed by atoms with Crippen LogP contribution in [-0.4, -0.2) is 19.6 Å². The number of ether oxygens (including phenoxy) is 1. The molecule has 0 spiro atoms. The Labute approximate surface area is 115 Å². The Kier molecular flexibility index (Phi) is 5.83. The lowest BCUT2D eigenvalue weighted by Crippen LogP contribution is -2.26. The number of benzene rings is 1. The van der Waals surface area contributed by atoms with E-state index < -0.39 is 0 Å². The maximum atomic E-state index is 11.7. The molecule has 0 fully saturated rings. The van der Waals surface area contributed by atoms with E-state index in [0.29, 0.717) is 19.5 Å². The van der Waals surface area contributed by atoms with Crippen LogP contribution in [0.15, 0.2) is 12.1 Å². The number of carbonyl (C=O) groups excluding carboxylic acids is 1. The number of rotatable bonds is 6. The number of hydrogen-bond acceptors (Lipinski definition) is 3. The van der Waals surface area contributed by atoms with E-state index in [4.69, 9.17) is 10.5 Å². The molecule has 0 aromatic heterocycles. The van der Waals surface area contributed by atoms with E-state index in [1.807, 2.05) is 19.9 Å². The molecule has 1 rings (SSSR count). The van der Waals surface area contributed by atoms with Crippen molar-refractivity contribution in [1.29, 1.82) is 0 Å². The summed E-state index contributed by atoms with van der Waals surface area (Å²) in [4.78, 5) is 11.7. The first kappa shape index (κ1) is 15.5. The summed E-state index contributed by atoms with van der Waals surface area (Å²) in [6.45, 7) is 7.08. The van der Waals surface area contributed by atoms with Crippen molar-refractivity contribution in [2.24, 2.45) is 11.7 Å². The zero-order chi connectivity index (χ0) is 14.4. The van der Waals surface area contributed by atoms with E-state index in [-0.39, 0.29) is 11.8 Å². The first-order valence-electron chi connectivity index (χ1n) is 6.58. The van der Waals surface area contributed by atoms with Gasteiger partial charge in [0.2, 0.25) is 5.91 Å². The molecular formula is C15H24N2O2. The van der Waals surface area contributed by atoms with Gasteiger partial charge in [-0.3, -0.25) is 4.79 Å². The first-order chi connectivity index (χ1) is 8.97. The van der Waals surface area contributed by atoms with Crippen molar-refractivity contribution >= 4 is 5.91 Å². The molecule has 1 unspecified atom stereocenters. The Bertz CT molecular complexity index is 444. The lowest BCUT2D eigenvalue weighted by molar-refractivity contribution is -0.122. The molecule has 0 bridgehead atoms. The van der Waals surface area contributed by atoms with Crippen molar-refractivity contribution in [2.45, 2.75) is 33.7 Å². The Morgan fingerprint density at radius 2 is 2.00 bits per heavy atom. The maximum absolute atomic E-state index is 11.7. The van der Waals surface area contributed by atoms with E-state index in [2.05, 4.69) is 18.3 Å². The molecule has 1 aromatic carbocycles. The normalized spacial score (nSPS) is 12.1. The second kappa shape index (κ2) is 7.14. The predicted molar refractivity (Wildman–Crippen MR) is 77.2 cm³/mol. The van der Waals surface area contributed by atoms with Gasteiger partial charge in [-0.2, -0.15) is 0 Å². The van der Waals surface area contributed by atoms with Gasteiger partial charge < -0.3 is 15.8 Å². The average molecular weight is 264 g/mol. The molecule has 1 aromatic rings. The van der Waals surface area contributed by atoms with E-state index in [1.54, 1.807) is 7.11 Å². The third-order valence-electron chi connectivity index (χ3n) is 3.31. The van der Waals surface area contributed by atoms with Gasteiger partial charge in [0.25, 0.3) is 0 Å². The molecule has 106 valence electrons. The summed E-state index contributed by atoms with van der Waals surface area (Å²) >= 11 is 0. The summed E-state index contributed by atoms with van der Waals surface area (Å²) in [5.41, 5.74) is 8.89. The number of amides is 1. The first-order valence-corrected chi connectivity index (χ1v) is 6.58. The molecule has 1 atom stereocenters. The second-order valence-corrected chi connectivity index (χ2v) is 5.07. The molecule has 0 radical (unpaired) electrons. The molecule has 19 heavy (non-hydrogen) atoms. The predicted octanol–water partition coefficient (Wildman–Crippen LogP) is 1.91. The van der Waals surface area contributed by atoms with Crippen LogP contribution in [0.5, 0.6) is 5.75 Å². The number of methoxy groups -OCH3 is 1. The van der Waals surface area contributed by atoms with Crippen LogP contribution in [0.4, 0.5) is 0 Å². The van der Waals surface area contributed by atoms with Crippen LogP contribution >= 0.6 is 0 Å². The quantitative estimate of drug-likeness (QED) is 0.825. The van der Waals surface area contributed by atoms with Crippen LogP contribution in [0.3, 0.4) is 0 Å². The summed E-state index contributed by atoms with van der Waals surface area (Å²) in [6.07, 6.45) is 0.462. The number of nitrogens with two attached hydrogens (primary N) is 1. The number of carbonyl (C=O) groups is 1. The zero-order valence-electron chi connectivity index (χ0n) is 12.2. The SMILES string of the molecule is COc1cc(C)c(C)cc1CNC(=O)CC(C)CN. The third kappa shape index (κ3) is 4.56. The molecule has 0 heterocycles. The molecule has 4 heteroatoms. The van der Waals surface area contributed by atoms with Gasteiger partial charge in [-0.1, -0.05) is 13.0 Å². The molecule has 0 aliphatic carbocycles. The molecule has 0 aliphatic rings. The number of aryl methyl sites for hydroxylation is 2. The molecule has 0 aliphatic heterocycles. The Morgan fingerprint density at radius 1 is 1.37 bits per heavy atom. The highest BCUT2D eigenvalue weighted by Crippen LogP contribution is 2.22. The van der Waals surface area contributed by atoms with Crippen LogP contribution in [0.1, 0.15) is 30.0 Å². The van der Waals surface area contributed by atoms with Crippen molar-refractivity contribution in [1.82, 2.24) is 5.32 Å². The molecule has 0 saturated heterocycles. The molecular weight excluding hydrogens is 240 g/mol.